The van der Waals surface area contributed by atoms with Gasteiger partial charge in [0.2, 0.25) is 0 Å². The lowest BCUT2D eigenvalue weighted by Gasteiger charge is -2.18. The number of ether oxygens (including phenoxy) is 4. The summed E-state index contributed by atoms with van der Waals surface area (Å²) in [6.07, 6.45) is 2.60. The fourth-order valence-corrected chi connectivity index (χ4v) is 5.25. The average Bonchev–Trinajstić information content (AvgIpc) is 3.14. The molecule has 2 aromatic rings. The van der Waals surface area contributed by atoms with Gasteiger partial charge in [-0.15, -0.1) is 11.3 Å². The van der Waals surface area contributed by atoms with Gasteiger partial charge in [-0.05, 0) is 56.7 Å². The molecule has 1 aliphatic rings. The van der Waals surface area contributed by atoms with Crippen LogP contribution in [0.15, 0.2) is 12.1 Å². The Kier molecular flexibility index (Phi) is 7.97. The Hall–Kier alpha value is -3.07. The van der Waals surface area contributed by atoms with Gasteiger partial charge in [0.25, 0.3) is 5.91 Å². The number of benzene rings is 1. The van der Waals surface area contributed by atoms with Crippen molar-refractivity contribution in [1.82, 2.24) is 0 Å². The topological polar surface area (TPSA) is 100 Å². The van der Waals surface area contributed by atoms with E-state index >= 15 is 0 Å². The van der Waals surface area contributed by atoms with Crippen LogP contribution < -0.4 is 14.8 Å². The number of methoxy groups -OCH3 is 2. The maximum absolute atomic E-state index is 12.6. The van der Waals surface area contributed by atoms with Crippen LogP contribution >= 0.6 is 11.3 Å². The summed E-state index contributed by atoms with van der Waals surface area (Å²) in [7, 11) is 2.99. The van der Waals surface area contributed by atoms with Crippen LogP contribution in [0, 0.1) is 12.8 Å². The Morgan fingerprint density at radius 2 is 1.76 bits per heavy atom. The molecule has 0 radical (unpaired) electrons. The number of fused-ring (bicyclic) bond motifs is 1. The van der Waals surface area contributed by atoms with Crippen LogP contribution in [0.1, 0.15) is 57.0 Å². The highest BCUT2D eigenvalue weighted by Crippen LogP contribution is 2.40. The van der Waals surface area contributed by atoms with Gasteiger partial charge in [-0.2, -0.15) is 0 Å². The van der Waals surface area contributed by atoms with E-state index in [9.17, 15) is 14.4 Å². The first-order valence-electron chi connectivity index (χ1n) is 10.8. The quantitative estimate of drug-likeness (QED) is 0.572. The van der Waals surface area contributed by atoms with Gasteiger partial charge >= 0.3 is 11.9 Å². The van der Waals surface area contributed by atoms with E-state index in [1.807, 2.05) is 6.92 Å². The predicted molar refractivity (Wildman–Crippen MR) is 125 cm³/mol. The standard InChI is InChI=1S/C24H29NO7S/c1-6-31-24(28)21-16-8-7-13(2)9-19(16)33-22(21)25-20(26)12-32-23(27)15-10-17(29-4)14(3)18(11-15)30-5/h10-11,13H,6-9,12H2,1-5H3,(H,25,26). The first-order valence-corrected chi connectivity index (χ1v) is 11.6. The second kappa shape index (κ2) is 10.7. The van der Waals surface area contributed by atoms with E-state index in [0.29, 0.717) is 28.0 Å². The Labute approximate surface area is 197 Å². The normalized spacial score (nSPS) is 14.8. The Morgan fingerprint density at radius 1 is 1.09 bits per heavy atom. The SMILES string of the molecule is CCOC(=O)c1c(NC(=O)COC(=O)c2cc(OC)c(C)c(OC)c2)sc2c1CCC(C)C2. The molecule has 1 atom stereocenters. The maximum Gasteiger partial charge on any atom is 0.341 e. The summed E-state index contributed by atoms with van der Waals surface area (Å²) in [5, 5.41) is 3.17. The molecule has 8 nitrogen and oxygen atoms in total. The van der Waals surface area contributed by atoms with Crippen molar-refractivity contribution in [2.45, 2.75) is 40.0 Å². The lowest BCUT2D eigenvalue weighted by atomic mass is 9.88. The van der Waals surface area contributed by atoms with E-state index in [0.717, 1.165) is 35.3 Å². The van der Waals surface area contributed by atoms with E-state index < -0.39 is 24.5 Å². The molecule has 0 saturated heterocycles. The van der Waals surface area contributed by atoms with Gasteiger partial charge in [0.1, 0.15) is 16.5 Å². The number of anilines is 1. The van der Waals surface area contributed by atoms with E-state index in [4.69, 9.17) is 18.9 Å². The number of nitrogens with one attached hydrogen (secondary N) is 1. The van der Waals surface area contributed by atoms with Gasteiger partial charge in [-0.3, -0.25) is 4.79 Å². The number of hydrogen-bond acceptors (Lipinski definition) is 8. The van der Waals surface area contributed by atoms with Crippen molar-refractivity contribution in [3.8, 4) is 11.5 Å². The average molecular weight is 476 g/mol. The van der Waals surface area contributed by atoms with E-state index in [1.54, 1.807) is 6.92 Å². The van der Waals surface area contributed by atoms with Crippen molar-refractivity contribution >= 4 is 34.2 Å². The molecule has 0 fully saturated rings. The molecule has 9 heteroatoms. The first kappa shape index (κ1) is 24.6. The second-order valence-electron chi connectivity index (χ2n) is 7.91. The van der Waals surface area contributed by atoms with E-state index in [2.05, 4.69) is 12.2 Å². The van der Waals surface area contributed by atoms with Gasteiger partial charge in [-0.25, -0.2) is 9.59 Å². The molecule has 1 aromatic carbocycles. The molecule has 0 bridgehead atoms. The molecule has 0 saturated carbocycles. The third kappa shape index (κ3) is 5.47. The number of esters is 2. The van der Waals surface area contributed by atoms with Crippen LogP contribution in [-0.4, -0.2) is 45.3 Å². The predicted octanol–water partition coefficient (Wildman–Crippen LogP) is 4.17. The van der Waals surface area contributed by atoms with Crippen LogP contribution in [0.2, 0.25) is 0 Å². The number of carbonyl (C=O) groups is 3. The molecular weight excluding hydrogens is 446 g/mol. The van der Waals surface area contributed by atoms with Crippen molar-refractivity contribution in [1.29, 1.82) is 0 Å². The van der Waals surface area contributed by atoms with E-state index in [-0.39, 0.29) is 12.2 Å². The highest BCUT2D eigenvalue weighted by Gasteiger charge is 2.29. The lowest BCUT2D eigenvalue weighted by Crippen LogP contribution is -2.22. The van der Waals surface area contributed by atoms with Crippen molar-refractivity contribution in [2.24, 2.45) is 5.92 Å². The van der Waals surface area contributed by atoms with Crippen molar-refractivity contribution in [2.75, 3.05) is 32.8 Å². The lowest BCUT2D eigenvalue weighted by molar-refractivity contribution is -0.119. The van der Waals surface area contributed by atoms with Crippen molar-refractivity contribution in [3.63, 3.8) is 0 Å². The fraction of sp³-hybridized carbons (Fsp3) is 0.458. The zero-order valence-corrected chi connectivity index (χ0v) is 20.4. The molecule has 1 aliphatic carbocycles. The first-order chi connectivity index (χ1) is 15.8. The van der Waals surface area contributed by atoms with Crippen LogP contribution in [-0.2, 0) is 27.1 Å². The number of hydrogen-bond donors (Lipinski definition) is 1. The zero-order valence-electron chi connectivity index (χ0n) is 19.5. The summed E-state index contributed by atoms with van der Waals surface area (Å²) in [6, 6.07) is 3.07. The third-order valence-electron chi connectivity index (χ3n) is 5.57. The van der Waals surface area contributed by atoms with Crippen LogP contribution in [0.4, 0.5) is 5.00 Å². The summed E-state index contributed by atoms with van der Waals surface area (Å²) in [5.41, 5.74) is 2.31. The highest BCUT2D eigenvalue weighted by atomic mass is 32.1. The van der Waals surface area contributed by atoms with Gasteiger partial charge in [0.05, 0.1) is 32.0 Å². The molecule has 1 heterocycles. The third-order valence-corrected chi connectivity index (χ3v) is 6.74. The summed E-state index contributed by atoms with van der Waals surface area (Å²) in [6.45, 7) is 5.46. The second-order valence-corrected chi connectivity index (χ2v) is 9.01. The summed E-state index contributed by atoms with van der Waals surface area (Å²) in [5.74, 6) is -0.209. The van der Waals surface area contributed by atoms with Crippen molar-refractivity contribution < 1.29 is 33.3 Å². The molecule has 1 aromatic heterocycles. The molecule has 178 valence electrons. The molecular formula is C24H29NO7S. The van der Waals surface area contributed by atoms with E-state index in [1.165, 1.54) is 37.7 Å². The number of amides is 1. The molecule has 1 unspecified atom stereocenters. The van der Waals surface area contributed by atoms with Crippen molar-refractivity contribution in [3.05, 3.63) is 39.3 Å². The van der Waals surface area contributed by atoms with Crippen LogP contribution in [0.3, 0.4) is 0 Å². The zero-order chi connectivity index (χ0) is 24.1. The molecule has 33 heavy (non-hydrogen) atoms. The fourth-order valence-electron chi connectivity index (χ4n) is 3.84. The van der Waals surface area contributed by atoms with Gasteiger partial charge in [0.15, 0.2) is 6.61 Å². The molecule has 3 rings (SSSR count). The maximum atomic E-state index is 12.6. The summed E-state index contributed by atoms with van der Waals surface area (Å²) in [4.78, 5) is 38.8. The Balaban J connectivity index is 1.72. The van der Waals surface area contributed by atoms with Gasteiger partial charge in [-0.1, -0.05) is 6.92 Å². The van der Waals surface area contributed by atoms with Crippen LogP contribution in [0.5, 0.6) is 11.5 Å². The minimum Gasteiger partial charge on any atom is -0.496 e. The highest BCUT2D eigenvalue weighted by molar-refractivity contribution is 7.17. The summed E-state index contributed by atoms with van der Waals surface area (Å²) >= 11 is 1.38. The smallest absolute Gasteiger partial charge is 0.341 e. The largest absolute Gasteiger partial charge is 0.496 e. The minimum absolute atomic E-state index is 0.204. The molecule has 1 N–H and O–H groups in total. The van der Waals surface area contributed by atoms with Gasteiger partial charge in [0, 0.05) is 10.4 Å². The number of thiophene rings is 1. The number of carbonyl (C=O) groups excluding carboxylic acids is 3. The van der Waals surface area contributed by atoms with Crippen LogP contribution in [0.25, 0.3) is 0 Å². The van der Waals surface area contributed by atoms with Gasteiger partial charge < -0.3 is 24.3 Å². The Bertz CT molecular complexity index is 1030. The number of rotatable bonds is 8. The minimum atomic E-state index is -0.688. The molecule has 1 amide bonds. The monoisotopic (exact) mass is 475 g/mol. The molecule has 0 aliphatic heterocycles. The Morgan fingerprint density at radius 3 is 2.36 bits per heavy atom. The molecule has 0 spiro atoms. The summed E-state index contributed by atoms with van der Waals surface area (Å²) < 4.78 is 21.0.